The van der Waals surface area contributed by atoms with Gasteiger partial charge in [-0.2, -0.15) is 0 Å². The fourth-order valence-electron chi connectivity index (χ4n) is 1.75. The molecule has 5 nitrogen and oxygen atoms in total. The first-order chi connectivity index (χ1) is 9.83. The first kappa shape index (κ1) is 18.0. The van der Waals surface area contributed by atoms with Crippen molar-refractivity contribution in [1.29, 1.82) is 0 Å². The topological polar surface area (TPSA) is 56.8 Å². The molecule has 1 fully saturated rings. The Balaban J connectivity index is 1.72. The second-order valence-electron chi connectivity index (χ2n) is 5.03. The highest BCUT2D eigenvalue weighted by Gasteiger charge is 2.18. The molecule has 1 aliphatic rings. The molecule has 0 aromatic carbocycles. The van der Waals surface area contributed by atoms with Crippen LogP contribution >= 0.6 is 0 Å². The number of hydrogen-bond acceptors (Lipinski definition) is 5. The predicted molar refractivity (Wildman–Crippen MR) is 81.6 cm³/mol. The Kier molecular flexibility index (Phi) is 11.5. The second kappa shape index (κ2) is 12.7. The van der Waals surface area contributed by atoms with Crippen molar-refractivity contribution in [3.05, 3.63) is 0 Å². The van der Waals surface area contributed by atoms with Crippen LogP contribution in [0.1, 0.15) is 19.8 Å². The van der Waals surface area contributed by atoms with Crippen molar-refractivity contribution >= 4 is 10.8 Å². The molecule has 0 radical (unpaired) electrons. The van der Waals surface area contributed by atoms with Gasteiger partial charge in [0.25, 0.3) is 0 Å². The maximum Gasteiger partial charge on any atom is 0.0701 e. The fraction of sp³-hybridized carbons (Fsp3) is 1.00. The molecule has 1 aliphatic heterocycles. The van der Waals surface area contributed by atoms with E-state index >= 15 is 0 Å². The second-order valence-corrected chi connectivity index (χ2v) is 6.65. The van der Waals surface area contributed by atoms with Crippen LogP contribution in [0, 0.1) is 5.92 Å². The highest BCUT2D eigenvalue weighted by Crippen LogP contribution is 2.04. The normalized spacial score (nSPS) is 17.1. The van der Waals surface area contributed by atoms with E-state index in [4.69, 9.17) is 14.2 Å². The molecule has 1 saturated heterocycles. The summed E-state index contributed by atoms with van der Waals surface area (Å²) in [4.78, 5) is 0. The molecule has 1 rings (SSSR count). The van der Waals surface area contributed by atoms with Crippen molar-refractivity contribution in [2.75, 3.05) is 64.2 Å². The zero-order valence-electron chi connectivity index (χ0n) is 12.6. The zero-order valence-corrected chi connectivity index (χ0v) is 13.4. The Morgan fingerprint density at radius 3 is 2.15 bits per heavy atom. The van der Waals surface area contributed by atoms with Gasteiger partial charge < -0.3 is 19.5 Å². The first-order valence-electron chi connectivity index (χ1n) is 7.62. The van der Waals surface area contributed by atoms with Crippen molar-refractivity contribution in [3.63, 3.8) is 0 Å². The van der Waals surface area contributed by atoms with Gasteiger partial charge in [0.1, 0.15) is 0 Å². The van der Waals surface area contributed by atoms with E-state index in [-0.39, 0.29) is 0 Å². The smallest absolute Gasteiger partial charge is 0.0701 e. The minimum Gasteiger partial charge on any atom is -0.379 e. The van der Waals surface area contributed by atoms with Crippen molar-refractivity contribution in [2.24, 2.45) is 5.92 Å². The molecular weight excluding hydrogens is 278 g/mol. The van der Waals surface area contributed by atoms with Crippen molar-refractivity contribution in [2.45, 2.75) is 19.8 Å². The quantitative estimate of drug-likeness (QED) is 0.481. The van der Waals surface area contributed by atoms with Crippen LogP contribution in [0.4, 0.5) is 0 Å². The minimum atomic E-state index is -0.738. The molecule has 0 spiro atoms. The van der Waals surface area contributed by atoms with E-state index in [1.807, 2.05) is 0 Å². The van der Waals surface area contributed by atoms with Gasteiger partial charge in [0.15, 0.2) is 0 Å². The highest BCUT2D eigenvalue weighted by molar-refractivity contribution is 7.85. The Bertz CT molecular complexity index is 249. The van der Waals surface area contributed by atoms with Crippen molar-refractivity contribution < 1.29 is 18.4 Å². The third-order valence-corrected chi connectivity index (χ3v) is 4.59. The number of ether oxygens (including phenoxy) is 3. The average Bonchev–Trinajstić information content (AvgIpc) is 2.40. The van der Waals surface area contributed by atoms with Crippen LogP contribution in [0.3, 0.4) is 0 Å². The van der Waals surface area contributed by atoms with Gasteiger partial charge in [0, 0.05) is 42.0 Å². The van der Waals surface area contributed by atoms with Gasteiger partial charge in [0.2, 0.25) is 0 Å². The number of rotatable bonds is 14. The van der Waals surface area contributed by atoms with Gasteiger partial charge in [-0.1, -0.05) is 13.3 Å². The number of hydrogen-bond donors (Lipinski definition) is 1. The van der Waals surface area contributed by atoms with Gasteiger partial charge in [-0.3, -0.25) is 4.21 Å². The molecule has 0 amide bonds. The van der Waals surface area contributed by atoms with Crippen LogP contribution in [0.25, 0.3) is 0 Å². The predicted octanol–water partition coefficient (Wildman–Crippen LogP) is 0.804. The maximum atomic E-state index is 11.7. The van der Waals surface area contributed by atoms with E-state index in [2.05, 4.69) is 12.2 Å². The molecule has 120 valence electrons. The summed E-state index contributed by atoms with van der Waals surface area (Å²) in [6.45, 7) is 7.97. The Labute approximate surface area is 125 Å². The SMILES string of the molecule is CCCCOCCOCCOCCS(=O)CC1CNC1. The van der Waals surface area contributed by atoms with E-state index in [9.17, 15) is 4.21 Å². The lowest BCUT2D eigenvalue weighted by Gasteiger charge is -2.26. The average molecular weight is 307 g/mol. The van der Waals surface area contributed by atoms with Gasteiger partial charge in [-0.25, -0.2) is 0 Å². The van der Waals surface area contributed by atoms with Crippen LogP contribution < -0.4 is 5.32 Å². The molecular formula is C14H29NO4S. The van der Waals surface area contributed by atoms with Crippen molar-refractivity contribution in [3.8, 4) is 0 Å². The van der Waals surface area contributed by atoms with E-state index in [0.717, 1.165) is 38.3 Å². The lowest BCUT2D eigenvalue weighted by atomic mass is 10.1. The summed E-state index contributed by atoms with van der Waals surface area (Å²) in [5.74, 6) is 2.05. The van der Waals surface area contributed by atoms with E-state index < -0.39 is 10.8 Å². The lowest BCUT2D eigenvalue weighted by molar-refractivity contribution is 0.0168. The van der Waals surface area contributed by atoms with Gasteiger partial charge >= 0.3 is 0 Å². The number of nitrogens with one attached hydrogen (secondary N) is 1. The molecule has 0 bridgehead atoms. The molecule has 1 N–H and O–H groups in total. The summed E-state index contributed by atoms with van der Waals surface area (Å²) in [6.07, 6.45) is 2.27. The monoisotopic (exact) mass is 307 g/mol. The molecule has 1 heterocycles. The summed E-state index contributed by atoms with van der Waals surface area (Å²) >= 11 is 0. The van der Waals surface area contributed by atoms with Gasteiger partial charge in [-0.15, -0.1) is 0 Å². The summed E-state index contributed by atoms with van der Waals surface area (Å²) in [5, 5.41) is 3.19. The largest absolute Gasteiger partial charge is 0.379 e. The first-order valence-corrected chi connectivity index (χ1v) is 9.10. The molecule has 6 heteroatoms. The number of unbranched alkanes of at least 4 members (excludes halogenated alkanes) is 1. The van der Waals surface area contributed by atoms with E-state index in [1.165, 1.54) is 0 Å². The third kappa shape index (κ3) is 9.83. The van der Waals surface area contributed by atoms with Crippen LogP contribution in [0.5, 0.6) is 0 Å². The van der Waals surface area contributed by atoms with Crippen LogP contribution in [-0.4, -0.2) is 68.4 Å². The summed E-state index contributed by atoms with van der Waals surface area (Å²) in [6, 6.07) is 0. The van der Waals surface area contributed by atoms with Crippen LogP contribution in [0.15, 0.2) is 0 Å². The summed E-state index contributed by atoms with van der Waals surface area (Å²) in [5.41, 5.74) is 0. The molecule has 20 heavy (non-hydrogen) atoms. The van der Waals surface area contributed by atoms with E-state index in [1.54, 1.807) is 0 Å². The Hall–Kier alpha value is -0.0100. The van der Waals surface area contributed by atoms with Gasteiger partial charge in [0.05, 0.1) is 33.0 Å². The van der Waals surface area contributed by atoms with Crippen LogP contribution in [-0.2, 0) is 25.0 Å². The van der Waals surface area contributed by atoms with Gasteiger partial charge in [-0.05, 0) is 12.3 Å². The Morgan fingerprint density at radius 1 is 1.00 bits per heavy atom. The standard InChI is InChI=1S/C14H29NO4S/c1-2-3-4-17-5-6-18-7-8-19-9-10-20(16)13-14-11-15-12-14/h14-15H,2-13H2,1H3. The molecule has 0 aromatic heterocycles. The Morgan fingerprint density at radius 2 is 1.60 bits per heavy atom. The van der Waals surface area contributed by atoms with E-state index in [0.29, 0.717) is 44.7 Å². The highest BCUT2D eigenvalue weighted by atomic mass is 32.2. The molecule has 1 atom stereocenters. The zero-order chi connectivity index (χ0) is 14.5. The van der Waals surface area contributed by atoms with Crippen molar-refractivity contribution in [1.82, 2.24) is 5.32 Å². The maximum absolute atomic E-state index is 11.7. The lowest BCUT2D eigenvalue weighted by Crippen LogP contribution is -2.45. The minimum absolute atomic E-state index is 0.559. The molecule has 0 aliphatic carbocycles. The fourth-order valence-corrected chi connectivity index (χ4v) is 2.98. The molecule has 0 aromatic rings. The third-order valence-electron chi connectivity index (χ3n) is 3.13. The summed E-state index contributed by atoms with van der Waals surface area (Å²) < 4.78 is 27.8. The molecule has 0 saturated carbocycles. The summed E-state index contributed by atoms with van der Waals surface area (Å²) in [7, 11) is -0.738. The molecule has 1 unspecified atom stereocenters. The van der Waals surface area contributed by atoms with Crippen LogP contribution in [0.2, 0.25) is 0 Å².